The van der Waals surface area contributed by atoms with Crippen molar-refractivity contribution in [3.63, 3.8) is 0 Å². The van der Waals surface area contributed by atoms with Gasteiger partial charge in [-0.15, -0.1) is 5.10 Å². The zero-order valence-corrected chi connectivity index (χ0v) is 15.7. The van der Waals surface area contributed by atoms with Crippen LogP contribution < -0.4 is 5.32 Å². The molecule has 0 saturated carbocycles. The summed E-state index contributed by atoms with van der Waals surface area (Å²) in [6.07, 6.45) is 1.85. The van der Waals surface area contributed by atoms with Crippen LogP contribution in [0.4, 0.5) is 0 Å². The van der Waals surface area contributed by atoms with Gasteiger partial charge >= 0.3 is 0 Å². The molecule has 5 nitrogen and oxygen atoms in total. The van der Waals surface area contributed by atoms with E-state index < -0.39 is 0 Å². The monoisotopic (exact) mass is 371 g/mol. The first-order valence-corrected chi connectivity index (χ1v) is 8.57. The predicted octanol–water partition coefficient (Wildman–Crippen LogP) is 3.68. The van der Waals surface area contributed by atoms with Crippen molar-refractivity contribution in [3.8, 4) is 0 Å². The summed E-state index contributed by atoms with van der Waals surface area (Å²) in [5, 5.41) is 12.2. The van der Waals surface area contributed by atoms with Crippen molar-refractivity contribution in [1.82, 2.24) is 24.7 Å². The number of nitrogens with one attached hydrogen (secondary N) is 1. The maximum Gasteiger partial charge on any atom is 0.0886 e. The van der Waals surface area contributed by atoms with E-state index in [0.717, 1.165) is 20.7 Å². The van der Waals surface area contributed by atoms with Gasteiger partial charge in [0.15, 0.2) is 0 Å². The Bertz CT molecular complexity index is 611. The molecule has 116 valence electrons. The molecule has 1 atom stereocenters. The average molecular weight is 372 g/mol. The van der Waals surface area contributed by atoms with Gasteiger partial charge in [0.1, 0.15) is 0 Å². The zero-order valence-electron chi connectivity index (χ0n) is 13.3. The highest BCUT2D eigenvalue weighted by atomic mass is 79.9. The van der Waals surface area contributed by atoms with Crippen molar-refractivity contribution >= 4 is 27.5 Å². The molecule has 2 heterocycles. The summed E-state index contributed by atoms with van der Waals surface area (Å²) >= 11 is 5.08. The van der Waals surface area contributed by atoms with Gasteiger partial charge in [-0.2, -0.15) is 5.10 Å². The molecule has 2 rings (SSSR count). The van der Waals surface area contributed by atoms with E-state index in [0.29, 0.717) is 6.04 Å². The standard InChI is InChI=1S/C14H22BrN5S/c1-8(2)20-11(9(15)7-17-20)10(16-6)12-13(14(3,4)5)18-19-21-12/h7-8,10,16H,1-6H3. The molecule has 0 bridgehead atoms. The molecule has 7 heteroatoms. The van der Waals surface area contributed by atoms with Gasteiger partial charge in [-0.05, 0) is 48.4 Å². The molecule has 0 amide bonds. The molecule has 0 spiro atoms. The number of nitrogens with zero attached hydrogens (tertiary/aromatic N) is 4. The molecule has 2 aromatic rings. The summed E-state index contributed by atoms with van der Waals surface area (Å²) in [6.45, 7) is 10.7. The number of halogens is 1. The lowest BCUT2D eigenvalue weighted by atomic mass is 9.89. The van der Waals surface area contributed by atoms with E-state index in [4.69, 9.17) is 0 Å². The van der Waals surface area contributed by atoms with Crippen LogP contribution in [0.15, 0.2) is 10.7 Å². The average Bonchev–Trinajstić information content (AvgIpc) is 2.98. The number of hydrogen-bond acceptors (Lipinski definition) is 5. The Kier molecular flexibility index (Phi) is 4.85. The molecule has 0 aromatic carbocycles. The minimum absolute atomic E-state index is 0.0264. The van der Waals surface area contributed by atoms with Crippen LogP contribution in [0.2, 0.25) is 0 Å². The number of rotatable bonds is 4. The molecule has 0 aliphatic rings. The second kappa shape index (κ2) is 6.14. The van der Waals surface area contributed by atoms with Crippen LogP contribution in [-0.2, 0) is 5.41 Å². The Morgan fingerprint density at radius 1 is 1.33 bits per heavy atom. The van der Waals surface area contributed by atoms with Crippen LogP contribution in [0.3, 0.4) is 0 Å². The molecule has 2 aromatic heterocycles. The predicted molar refractivity (Wildman–Crippen MR) is 89.8 cm³/mol. The highest BCUT2D eigenvalue weighted by molar-refractivity contribution is 9.10. The summed E-state index contributed by atoms with van der Waals surface area (Å²) in [5.41, 5.74) is 2.12. The molecule has 0 radical (unpaired) electrons. The lowest BCUT2D eigenvalue weighted by Gasteiger charge is -2.23. The maximum atomic E-state index is 4.48. The SMILES string of the molecule is CNC(c1snnc1C(C)(C)C)c1c(Br)cnn1C(C)C. The van der Waals surface area contributed by atoms with E-state index >= 15 is 0 Å². The van der Waals surface area contributed by atoms with Gasteiger partial charge in [0.2, 0.25) is 0 Å². The Balaban J connectivity index is 2.56. The third kappa shape index (κ3) is 3.19. The normalized spacial score (nSPS) is 13.9. The first kappa shape index (κ1) is 16.6. The Labute approximate surface area is 138 Å². The second-order valence-electron chi connectivity index (χ2n) is 6.37. The molecule has 1 N–H and O–H groups in total. The van der Waals surface area contributed by atoms with Crippen LogP contribution in [0, 0.1) is 0 Å². The van der Waals surface area contributed by atoms with E-state index in [1.54, 1.807) is 0 Å². The fraction of sp³-hybridized carbons (Fsp3) is 0.643. The topological polar surface area (TPSA) is 55.6 Å². The van der Waals surface area contributed by atoms with Crippen LogP contribution >= 0.6 is 27.5 Å². The van der Waals surface area contributed by atoms with Crippen molar-refractivity contribution in [2.45, 2.75) is 52.1 Å². The summed E-state index contributed by atoms with van der Waals surface area (Å²) in [6, 6.07) is 0.319. The van der Waals surface area contributed by atoms with Gasteiger partial charge in [0.05, 0.1) is 33.0 Å². The zero-order chi connectivity index (χ0) is 15.8. The summed E-state index contributed by atoms with van der Waals surface area (Å²) in [5.74, 6) is 0. The van der Waals surface area contributed by atoms with Gasteiger partial charge in [-0.3, -0.25) is 4.68 Å². The fourth-order valence-corrected chi connectivity index (χ4v) is 3.81. The third-order valence-electron chi connectivity index (χ3n) is 3.32. The van der Waals surface area contributed by atoms with E-state index in [9.17, 15) is 0 Å². The van der Waals surface area contributed by atoms with Gasteiger partial charge in [0.25, 0.3) is 0 Å². The van der Waals surface area contributed by atoms with Crippen molar-refractivity contribution in [2.75, 3.05) is 7.05 Å². The van der Waals surface area contributed by atoms with Crippen LogP contribution in [0.1, 0.15) is 63.0 Å². The number of hydrogen-bond donors (Lipinski definition) is 1. The minimum Gasteiger partial charge on any atom is -0.307 e. The fourth-order valence-electron chi connectivity index (χ4n) is 2.33. The molecule has 0 aliphatic heterocycles. The van der Waals surface area contributed by atoms with Crippen LogP contribution in [0.25, 0.3) is 0 Å². The molecule has 0 saturated heterocycles. The largest absolute Gasteiger partial charge is 0.307 e. The van der Waals surface area contributed by atoms with Gasteiger partial charge < -0.3 is 5.32 Å². The van der Waals surface area contributed by atoms with Crippen molar-refractivity contribution in [3.05, 3.63) is 26.9 Å². The Hall–Kier alpha value is -0.790. The Morgan fingerprint density at radius 2 is 2.00 bits per heavy atom. The van der Waals surface area contributed by atoms with Gasteiger partial charge in [-0.25, -0.2) is 0 Å². The number of aromatic nitrogens is 4. The molecule has 1 unspecified atom stereocenters. The summed E-state index contributed by atoms with van der Waals surface area (Å²) in [7, 11) is 1.96. The molecular weight excluding hydrogens is 350 g/mol. The van der Waals surface area contributed by atoms with Crippen LogP contribution in [0.5, 0.6) is 0 Å². The molecule has 0 fully saturated rings. The lowest BCUT2D eigenvalue weighted by molar-refractivity contribution is 0.479. The quantitative estimate of drug-likeness (QED) is 0.890. The minimum atomic E-state index is -0.0351. The van der Waals surface area contributed by atoms with E-state index in [1.165, 1.54) is 11.5 Å². The van der Waals surface area contributed by atoms with Crippen molar-refractivity contribution in [2.24, 2.45) is 0 Å². The Morgan fingerprint density at radius 3 is 2.52 bits per heavy atom. The lowest BCUT2D eigenvalue weighted by Crippen LogP contribution is -2.25. The highest BCUT2D eigenvalue weighted by Gasteiger charge is 2.30. The first-order valence-electron chi connectivity index (χ1n) is 7.00. The molecular formula is C14H22BrN5S. The van der Waals surface area contributed by atoms with Crippen molar-refractivity contribution < 1.29 is 0 Å². The highest BCUT2D eigenvalue weighted by Crippen LogP contribution is 2.36. The summed E-state index contributed by atoms with van der Waals surface area (Å²) < 4.78 is 7.22. The van der Waals surface area contributed by atoms with Gasteiger partial charge in [-0.1, -0.05) is 25.3 Å². The molecule has 21 heavy (non-hydrogen) atoms. The third-order valence-corrected chi connectivity index (χ3v) is 4.72. The smallest absolute Gasteiger partial charge is 0.0886 e. The molecule has 0 aliphatic carbocycles. The first-order chi connectivity index (χ1) is 9.77. The second-order valence-corrected chi connectivity index (χ2v) is 8.01. The van der Waals surface area contributed by atoms with Crippen LogP contribution in [-0.4, -0.2) is 26.4 Å². The maximum absolute atomic E-state index is 4.48. The van der Waals surface area contributed by atoms with E-state index in [1.807, 2.05) is 17.9 Å². The summed E-state index contributed by atoms with van der Waals surface area (Å²) in [4.78, 5) is 1.15. The van der Waals surface area contributed by atoms with E-state index in [-0.39, 0.29) is 11.5 Å². The van der Waals surface area contributed by atoms with Gasteiger partial charge in [0, 0.05) is 11.5 Å². The van der Waals surface area contributed by atoms with E-state index in [2.05, 4.69) is 70.6 Å². The van der Waals surface area contributed by atoms with Crippen molar-refractivity contribution in [1.29, 1.82) is 0 Å².